The Kier molecular flexibility index (Phi) is 69.9. The van der Waals surface area contributed by atoms with E-state index in [9.17, 15) is 44.1 Å². The van der Waals surface area contributed by atoms with Crippen molar-refractivity contribution >= 4 is 54.1 Å². The molecule has 372 valence electrons. The average molecular weight is 919 g/mol. The molecule has 0 aromatic rings. The first-order valence-electron chi connectivity index (χ1n) is 26.7. The molecule has 0 N–H and O–H groups in total. The molecule has 0 saturated carbocycles. The van der Waals surface area contributed by atoms with Gasteiger partial charge in [-0.1, -0.05) is 231 Å². The predicted molar refractivity (Wildman–Crippen MR) is 261 cm³/mol. The number of aliphatic carboxylic acids is 3. The number of carbonyl (C=O) groups is 6. The molecule has 0 aromatic carbocycles. The van der Waals surface area contributed by atoms with Crippen molar-refractivity contribution in [2.75, 3.05) is 0 Å². The maximum atomic E-state index is 10.2. The van der Waals surface area contributed by atoms with Crippen molar-refractivity contribution in [2.24, 2.45) is 0 Å². The van der Waals surface area contributed by atoms with Crippen LogP contribution in [0.1, 0.15) is 308 Å². The van der Waals surface area contributed by atoms with E-state index in [-0.39, 0.29) is 36.6 Å². The third kappa shape index (κ3) is 77.2. The van der Waals surface area contributed by atoms with E-state index in [1.54, 1.807) is 0 Å². The number of hydrogen-bond donors (Lipinski definition) is 0. The Hall–Kier alpha value is -2.05. The van der Waals surface area contributed by atoms with Gasteiger partial charge in [-0.3, -0.25) is 0 Å². The molecule has 0 amide bonds. The van der Waals surface area contributed by atoms with Crippen LogP contribution in [0, 0.1) is 0 Å². The summed E-state index contributed by atoms with van der Waals surface area (Å²) in [5.41, 5.74) is 0. The first-order chi connectivity index (χ1) is 30.8. The van der Waals surface area contributed by atoms with Crippen molar-refractivity contribution in [2.45, 2.75) is 308 Å². The molecule has 0 aliphatic rings. The summed E-state index contributed by atoms with van der Waals surface area (Å²) in [6.07, 6.45) is 57.0. The van der Waals surface area contributed by atoms with Crippen molar-refractivity contribution in [1.29, 1.82) is 0 Å². The molecule has 0 rings (SSSR count). The molecule has 0 fully saturated rings. The smallest absolute Gasteiger partial charge is 0.550 e. The van der Waals surface area contributed by atoms with Gasteiger partial charge >= 0.3 is 17.4 Å². The van der Waals surface area contributed by atoms with Crippen molar-refractivity contribution in [3.63, 3.8) is 0 Å². The van der Waals surface area contributed by atoms with Crippen LogP contribution in [0.3, 0.4) is 0 Å². The molecule has 10 heteroatoms. The summed E-state index contributed by atoms with van der Waals surface area (Å²) in [6.45, 7) is 0. The van der Waals surface area contributed by atoms with E-state index in [1.807, 2.05) is 0 Å². The van der Waals surface area contributed by atoms with Crippen LogP contribution in [-0.2, 0) is 28.8 Å². The number of aldehydes is 3. The fourth-order valence-corrected chi connectivity index (χ4v) is 7.85. The van der Waals surface area contributed by atoms with Crippen LogP contribution in [0.15, 0.2) is 0 Å². The van der Waals surface area contributed by atoms with Gasteiger partial charge in [-0.15, -0.1) is 0 Å². The van der Waals surface area contributed by atoms with Gasteiger partial charge in [-0.05, 0) is 57.8 Å². The molecule has 0 aliphatic carbocycles. The Bertz CT molecular complexity index is 842. The van der Waals surface area contributed by atoms with Gasteiger partial charge in [0.15, 0.2) is 0 Å². The van der Waals surface area contributed by atoms with Crippen molar-refractivity contribution in [3.05, 3.63) is 0 Å². The minimum absolute atomic E-state index is 0. The summed E-state index contributed by atoms with van der Waals surface area (Å²) in [5, 5.41) is 30.7. The normalized spacial score (nSPS) is 10.5. The summed E-state index contributed by atoms with van der Waals surface area (Å²) in [6, 6.07) is 0. The second kappa shape index (κ2) is 65.2. The third-order valence-electron chi connectivity index (χ3n) is 11.9. The van der Waals surface area contributed by atoms with Crippen molar-refractivity contribution in [1.82, 2.24) is 0 Å². The number of unbranched alkanes of at least 4 members (excludes halogenated alkanes) is 42. The van der Waals surface area contributed by atoms with Crippen molar-refractivity contribution in [3.8, 4) is 0 Å². The first-order valence-corrected chi connectivity index (χ1v) is 26.7. The third-order valence-corrected chi connectivity index (χ3v) is 11.9. The summed E-state index contributed by atoms with van der Waals surface area (Å²) < 4.78 is 0. The van der Waals surface area contributed by atoms with E-state index in [2.05, 4.69) is 0 Å². The van der Waals surface area contributed by atoms with E-state index in [0.29, 0.717) is 0 Å². The second-order valence-corrected chi connectivity index (χ2v) is 18.1. The van der Waals surface area contributed by atoms with Crippen LogP contribution < -0.4 is 15.3 Å². The SMILES string of the molecule is O=CCCCCCCCCCCCCCCCCC(=O)[O-].O=CCCCCCCCCCCCCCCCCC(=O)[O-].O=CCCCCCCCCCCCCCCCCC(=O)[O-].[Al+3]. The first kappa shape index (κ1) is 68.5. The van der Waals surface area contributed by atoms with Gasteiger partial charge in [0.1, 0.15) is 18.9 Å². The fourth-order valence-electron chi connectivity index (χ4n) is 7.85. The van der Waals surface area contributed by atoms with E-state index >= 15 is 0 Å². The van der Waals surface area contributed by atoms with Gasteiger partial charge in [0.05, 0.1) is 0 Å². The maximum Gasteiger partial charge on any atom is 3.00 e. The zero-order valence-corrected chi connectivity index (χ0v) is 42.6. The van der Waals surface area contributed by atoms with Crippen LogP contribution in [0.25, 0.3) is 0 Å². The number of carboxylic acid groups (broad SMARTS) is 3. The summed E-state index contributed by atoms with van der Waals surface area (Å²) >= 11 is 0. The molecule has 0 bridgehead atoms. The van der Waals surface area contributed by atoms with Gasteiger partial charge in [-0.25, -0.2) is 0 Å². The average Bonchev–Trinajstić information content (AvgIpc) is 3.26. The molecule has 0 heterocycles. The monoisotopic (exact) mass is 919 g/mol. The van der Waals surface area contributed by atoms with Crippen LogP contribution in [0.2, 0.25) is 0 Å². The summed E-state index contributed by atoms with van der Waals surface area (Å²) in [7, 11) is 0. The molecular formula is C54H99AlO9. The van der Waals surface area contributed by atoms with Gasteiger partial charge in [0.25, 0.3) is 0 Å². The van der Waals surface area contributed by atoms with Gasteiger partial charge in [0, 0.05) is 37.2 Å². The molecule has 0 atom stereocenters. The van der Waals surface area contributed by atoms with Gasteiger partial charge < -0.3 is 44.1 Å². The van der Waals surface area contributed by atoms with Crippen LogP contribution in [0.5, 0.6) is 0 Å². The number of rotatable bonds is 51. The van der Waals surface area contributed by atoms with Gasteiger partial charge in [-0.2, -0.15) is 0 Å². The van der Waals surface area contributed by atoms with E-state index in [0.717, 1.165) is 115 Å². The largest absolute Gasteiger partial charge is 3.00 e. The minimum atomic E-state index is -0.918. The Labute approximate surface area is 404 Å². The van der Waals surface area contributed by atoms with E-state index in [1.165, 1.54) is 193 Å². The molecule has 0 spiro atoms. The summed E-state index contributed by atoms with van der Waals surface area (Å²) in [4.78, 5) is 61.1. The van der Waals surface area contributed by atoms with Gasteiger partial charge in [0.2, 0.25) is 0 Å². The zero-order valence-electron chi connectivity index (χ0n) is 41.4. The Morgan fingerprint density at radius 2 is 0.328 bits per heavy atom. The van der Waals surface area contributed by atoms with E-state index in [4.69, 9.17) is 0 Å². The summed E-state index contributed by atoms with van der Waals surface area (Å²) in [5.74, 6) is -2.75. The second-order valence-electron chi connectivity index (χ2n) is 18.1. The van der Waals surface area contributed by atoms with E-state index < -0.39 is 17.9 Å². The molecule has 9 nitrogen and oxygen atoms in total. The predicted octanol–water partition coefficient (Wildman–Crippen LogP) is 12.1. The molecule has 0 aromatic heterocycles. The Balaban J connectivity index is -0.000000419. The Morgan fingerprint density at radius 1 is 0.219 bits per heavy atom. The minimum Gasteiger partial charge on any atom is -0.550 e. The zero-order chi connectivity index (χ0) is 46.8. The maximum absolute atomic E-state index is 10.2. The molecular weight excluding hydrogens is 820 g/mol. The van der Waals surface area contributed by atoms with Crippen molar-refractivity contribution < 1.29 is 44.1 Å². The number of carbonyl (C=O) groups excluding carboxylic acids is 6. The van der Waals surface area contributed by atoms with Crippen LogP contribution in [0.4, 0.5) is 0 Å². The quantitative estimate of drug-likeness (QED) is 0.0327. The number of hydrogen-bond acceptors (Lipinski definition) is 9. The van der Waals surface area contributed by atoms with Crippen LogP contribution >= 0.6 is 0 Å². The number of carboxylic acids is 3. The topological polar surface area (TPSA) is 172 Å². The molecule has 64 heavy (non-hydrogen) atoms. The molecule has 0 aliphatic heterocycles. The standard InChI is InChI=1S/3C18H34O3.Al/c3*19-17-15-13-11-9-7-5-3-1-2-4-6-8-10-12-14-16-18(20)21;/h3*17H,1-16H2,(H,20,21);/q;;;+3/p-3. The fraction of sp³-hybridized carbons (Fsp3) is 0.889. The molecule has 0 radical (unpaired) electrons. The molecule has 0 saturated heterocycles. The molecule has 0 unspecified atom stereocenters. The Morgan fingerprint density at radius 3 is 0.438 bits per heavy atom. The van der Waals surface area contributed by atoms with Crippen LogP contribution in [-0.4, -0.2) is 54.1 Å².